The van der Waals surface area contributed by atoms with Gasteiger partial charge in [0.05, 0.1) is 33.4 Å². The lowest BCUT2D eigenvalue weighted by molar-refractivity contribution is -0.141. The van der Waals surface area contributed by atoms with Gasteiger partial charge in [0.15, 0.2) is 0 Å². The fourth-order valence-electron chi connectivity index (χ4n) is 2.70. The average molecular weight is 356 g/mol. The van der Waals surface area contributed by atoms with Gasteiger partial charge in [-0.1, -0.05) is 0 Å². The summed E-state index contributed by atoms with van der Waals surface area (Å²) in [6, 6.07) is 2.36. The molecule has 1 saturated heterocycles. The molecule has 1 aliphatic rings. The highest BCUT2D eigenvalue weighted by molar-refractivity contribution is 5.30. The fraction of sp³-hybridized carbons (Fsp3) is 0.500. The third-order valence-electron chi connectivity index (χ3n) is 4.03. The minimum Gasteiger partial charge on any atom is -0.481 e. The molecule has 0 radical (unpaired) electrons. The molecule has 9 heteroatoms. The summed E-state index contributed by atoms with van der Waals surface area (Å²) in [6.07, 6.45) is -1.02. The molecule has 2 aromatic rings. The summed E-state index contributed by atoms with van der Waals surface area (Å²) in [4.78, 5) is 10.2. The first-order valence-corrected chi connectivity index (χ1v) is 7.88. The third-order valence-corrected chi connectivity index (χ3v) is 4.03. The lowest BCUT2D eigenvalue weighted by atomic mass is 10.2. The van der Waals surface area contributed by atoms with Crippen LogP contribution in [0.1, 0.15) is 17.1 Å². The first-order valence-electron chi connectivity index (χ1n) is 7.88. The topological polar surface area (TPSA) is 52.4 Å². The molecule has 2 aromatic heterocycles. The molecule has 0 aliphatic carbocycles. The maximum Gasteiger partial charge on any atom is 0.433 e. The van der Waals surface area contributed by atoms with Crippen molar-refractivity contribution in [3.63, 3.8) is 0 Å². The minimum absolute atomic E-state index is 0.0270. The summed E-state index contributed by atoms with van der Waals surface area (Å²) >= 11 is 0. The monoisotopic (exact) mass is 356 g/mol. The number of pyridine rings is 1. The first kappa shape index (κ1) is 17.7. The maximum absolute atomic E-state index is 12.8. The number of imidazole rings is 1. The molecule has 136 valence electrons. The summed E-state index contributed by atoms with van der Waals surface area (Å²) in [6.45, 7) is 4.05. The van der Waals surface area contributed by atoms with E-state index in [0.717, 1.165) is 25.0 Å². The van der Waals surface area contributed by atoms with Gasteiger partial charge in [0.25, 0.3) is 0 Å². The van der Waals surface area contributed by atoms with E-state index < -0.39 is 11.9 Å². The van der Waals surface area contributed by atoms with Crippen molar-refractivity contribution in [3.05, 3.63) is 41.6 Å². The number of hydrogen-bond acceptors (Lipinski definition) is 5. The van der Waals surface area contributed by atoms with Crippen molar-refractivity contribution in [2.45, 2.75) is 19.3 Å². The van der Waals surface area contributed by atoms with Gasteiger partial charge in [-0.15, -0.1) is 0 Å². The largest absolute Gasteiger partial charge is 0.481 e. The van der Waals surface area contributed by atoms with Gasteiger partial charge in [0, 0.05) is 31.0 Å². The van der Waals surface area contributed by atoms with Crippen LogP contribution in [0.15, 0.2) is 24.5 Å². The van der Waals surface area contributed by atoms with Crippen LogP contribution in [0.3, 0.4) is 0 Å². The summed E-state index contributed by atoms with van der Waals surface area (Å²) in [5, 5.41) is 0. The van der Waals surface area contributed by atoms with E-state index in [1.165, 1.54) is 13.2 Å². The Morgan fingerprint density at radius 3 is 2.64 bits per heavy atom. The van der Waals surface area contributed by atoms with E-state index in [-0.39, 0.29) is 5.88 Å². The molecule has 0 spiro atoms. The van der Waals surface area contributed by atoms with Crippen molar-refractivity contribution in [2.75, 3.05) is 33.4 Å². The van der Waals surface area contributed by atoms with Crippen molar-refractivity contribution >= 4 is 0 Å². The highest BCUT2D eigenvalue weighted by Gasteiger charge is 2.33. The molecule has 3 rings (SSSR count). The second-order valence-corrected chi connectivity index (χ2v) is 5.72. The van der Waals surface area contributed by atoms with Gasteiger partial charge in [0.2, 0.25) is 5.88 Å². The third kappa shape index (κ3) is 4.29. The molecular formula is C16H19F3N4O2. The zero-order valence-corrected chi connectivity index (χ0v) is 13.8. The van der Waals surface area contributed by atoms with Crippen molar-refractivity contribution in [3.8, 4) is 5.88 Å². The molecule has 0 aromatic carbocycles. The molecule has 0 unspecified atom stereocenters. The lowest BCUT2D eigenvalue weighted by Crippen LogP contribution is -2.36. The Morgan fingerprint density at radius 1 is 1.20 bits per heavy atom. The Labute approximate surface area is 143 Å². The normalized spacial score (nSPS) is 16.2. The van der Waals surface area contributed by atoms with E-state index in [0.29, 0.717) is 31.9 Å². The van der Waals surface area contributed by atoms with Crippen LogP contribution in [-0.2, 0) is 24.0 Å². The Morgan fingerprint density at radius 2 is 1.96 bits per heavy atom. The van der Waals surface area contributed by atoms with Crippen LogP contribution in [0, 0.1) is 0 Å². The Kier molecular flexibility index (Phi) is 5.24. The van der Waals surface area contributed by atoms with Gasteiger partial charge in [-0.3, -0.25) is 4.90 Å². The second-order valence-electron chi connectivity index (χ2n) is 5.72. The number of hydrogen-bond donors (Lipinski definition) is 0. The smallest absolute Gasteiger partial charge is 0.433 e. The van der Waals surface area contributed by atoms with Gasteiger partial charge < -0.3 is 14.0 Å². The quantitative estimate of drug-likeness (QED) is 0.822. The summed E-state index contributed by atoms with van der Waals surface area (Å²) in [7, 11) is 1.31. The van der Waals surface area contributed by atoms with Crippen LogP contribution in [0.2, 0.25) is 0 Å². The molecule has 3 heterocycles. The van der Waals surface area contributed by atoms with E-state index in [9.17, 15) is 13.2 Å². The number of halogens is 3. The van der Waals surface area contributed by atoms with Gasteiger partial charge >= 0.3 is 6.18 Å². The maximum atomic E-state index is 12.8. The molecule has 0 bridgehead atoms. The predicted molar refractivity (Wildman–Crippen MR) is 83.2 cm³/mol. The van der Waals surface area contributed by atoms with Gasteiger partial charge in [-0.2, -0.15) is 13.2 Å². The van der Waals surface area contributed by atoms with Crippen molar-refractivity contribution in [1.29, 1.82) is 0 Å². The number of nitrogens with zero attached hydrogens (tertiary/aromatic N) is 4. The van der Waals surface area contributed by atoms with Crippen LogP contribution >= 0.6 is 0 Å². The van der Waals surface area contributed by atoms with Crippen LogP contribution in [-0.4, -0.2) is 52.8 Å². The molecule has 0 N–H and O–H groups in total. The first-order chi connectivity index (χ1) is 12.0. The highest BCUT2D eigenvalue weighted by Crippen LogP contribution is 2.30. The van der Waals surface area contributed by atoms with E-state index in [4.69, 9.17) is 9.47 Å². The van der Waals surface area contributed by atoms with E-state index in [2.05, 4.69) is 14.9 Å². The zero-order valence-electron chi connectivity index (χ0n) is 13.8. The molecule has 25 heavy (non-hydrogen) atoms. The zero-order chi connectivity index (χ0) is 17.9. The predicted octanol–water partition coefficient (Wildman–Crippen LogP) is 2.19. The number of morpholine rings is 1. The standard InChI is InChI=1S/C16H19F3N4O2/c1-24-15-12(2-3-13(21-15)16(17,18)19)10-23-5-4-20-14(23)11-22-6-8-25-9-7-22/h2-5H,6-11H2,1H3. The van der Waals surface area contributed by atoms with Gasteiger partial charge in [-0.25, -0.2) is 9.97 Å². The second kappa shape index (κ2) is 7.40. The van der Waals surface area contributed by atoms with Crippen LogP contribution < -0.4 is 4.74 Å². The van der Waals surface area contributed by atoms with E-state index in [1.54, 1.807) is 12.4 Å². The Hall–Kier alpha value is -2.13. The molecular weight excluding hydrogens is 337 g/mol. The molecule has 6 nitrogen and oxygen atoms in total. The van der Waals surface area contributed by atoms with Crippen LogP contribution in [0.4, 0.5) is 13.2 Å². The Balaban J connectivity index is 1.77. The van der Waals surface area contributed by atoms with E-state index in [1.807, 2.05) is 4.57 Å². The lowest BCUT2D eigenvalue weighted by Gasteiger charge is -2.26. The number of ether oxygens (including phenoxy) is 2. The summed E-state index contributed by atoms with van der Waals surface area (Å²) in [5.41, 5.74) is -0.399. The molecule has 0 amide bonds. The molecule has 1 fully saturated rings. The molecule has 0 atom stereocenters. The van der Waals surface area contributed by atoms with E-state index >= 15 is 0 Å². The number of methoxy groups -OCH3 is 1. The molecule has 1 aliphatic heterocycles. The summed E-state index contributed by atoms with van der Waals surface area (Å²) < 4.78 is 50.6. The van der Waals surface area contributed by atoms with Gasteiger partial charge in [-0.05, 0) is 12.1 Å². The molecule has 0 saturated carbocycles. The SMILES string of the molecule is COc1nc(C(F)(F)F)ccc1Cn1ccnc1CN1CCOCC1. The van der Waals surface area contributed by atoms with Crippen LogP contribution in [0.5, 0.6) is 5.88 Å². The number of aromatic nitrogens is 3. The summed E-state index contributed by atoms with van der Waals surface area (Å²) in [5.74, 6) is 0.810. The Bertz CT molecular complexity index is 712. The average Bonchev–Trinajstić information content (AvgIpc) is 3.02. The van der Waals surface area contributed by atoms with Crippen molar-refractivity contribution in [2.24, 2.45) is 0 Å². The number of alkyl halides is 3. The van der Waals surface area contributed by atoms with Crippen molar-refractivity contribution < 1.29 is 22.6 Å². The van der Waals surface area contributed by atoms with Crippen molar-refractivity contribution in [1.82, 2.24) is 19.4 Å². The van der Waals surface area contributed by atoms with Crippen LogP contribution in [0.25, 0.3) is 0 Å². The fourth-order valence-corrected chi connectivity index (χ4v) is 2.70. The highest BCUT2D eigenvalue weighted by atomic mass is 19.4. The minimum atomic E-state index is -4.50. The van der Waals surface area contributed by atoms with Gasteiger partial charge in [0.1, 0.15) is 11.5 Å². The number of rotatable bonds is 5.